The molecular weight excluding hydrogens is 286 g/mol. The lowest BCUT2D eigenvalue weighted by atomic mass is 9.96. The average Bonchev–Trinajstić information content (AvgIpc) is 2.54. The summed E-state index contributed by atoms with van der Waals surface area (Å²) in [5, 5.41) is 10.8. The molecule has 1 N–H and O–H groups in total. The molecule has 1 saturated heterocycles. The van der Waals surface area contributed by atoms with E-state index < -0.39 is 5.97 Å². The van der Waals surface area contributed by atoms with E-state index in [1.54, 1.807) is 25.3 Å². The summed E-state index contributed by atoms with van der Waals surface area (Å²) in [6.45, 7) is 1.71. The van der Waals surface area contributed by atoms with Crippen LogP contribution in [0.25, 0.3) is 0 Å². The second-order valence-electron chi connectivity index (χ2n) is 5.51. The number of ketones is 1. The maximum Gasteiger partial charge on any atom is 0.216 e. The first-order valence-corrected chi connectivity index (χ1v) is 7.34. The van der Waals surface area contributed by atoms with Crippen molar-refractivity contribution in [1.29, 1.82) is 0 Å². The number of carboxylic acid groups (broad SMARTS) is 1. The van der Waals surface area contributed by atoms with E-state index in [1.165, 1.54) is 7.11 Å². The molecule has 0 amide bonds. The number of nitrogens with one attached hydrogen (secondary N) is 1. The quantitative estimate of drug-likeness (QED) is 0.677. The van der Waals surface area contributed by atoms with Crippen LogP contribution in [0.2, 0.25) is 0 Å². The number of piperidine rings is 1. The largest absolute Gasteiger partial charge is 0.550 e. The molecule has 1 fully saturated rings. The van der Waals surface area contributed by atoms with Crippen molar-refractivity contribution in [1.82, 2.24) is 0 Å². The molecule has 6 nitrogen and oxygen atoms in total. The van der Waals surface area contributed by atoms with E-state index in [4.69, 9.17) is 9.47 Å². The number of hydrogen-bond donors (Lipinski definition) is 1. The standard InChI is InChI=1S/C16H21NO5/c1-21-14-4-3-12(9-15(14)22-2)13(18)10-17-7-5-11(6-8-17)16(19)20/h3-4,9,11H,5-8,10H2,1-2H3,(H,19,20). The fourth-order valence-corrected chi connectivity index (χ4v) is 2.78. The molecule has 1 aromatic rings. The summed E-state index contributed by atoms with van der Waals surface area (Å²) in [5.74, 6) is -0.228. The first kappa shape index (κ1) is 16.3. The van der Waals surface area contributed by atoms with Crippen LogP contribution < -0.4 is 19.5 Å². The average molecular weight is 307 g/mol. The number of quaternary nitrogens is 1. The topological polar surface area (TPSA) is 80.1 Å². The number of rotatable bonds is 6. The molecular formula is C16H21NO5. The highest BCUT2D eigenvalue weighted by Crippen LogP contribution is 2.27. The molecule has 0 atom stereocenters. The van der Waals surface area contributed by atoms with E-state index >= 15 is 0 Å². The maximum absolute atomic E-state index is 12.4. The van der Waals surface area contributed by atoms with Crippen LogP contribution >= 0.6 is 0 Å². The summed E-state index contributed by atoms with van der Waals surface area (Å²) < 4.78 is 10.4. The SMILES string of the molecule is COc1ccc(C(=O)C[NH+]2CCC(C(=O)[O-])CC2)cc1OC. The molecule has 0 aromatic heterocycles. The van der Waals surface area contributed by atoms with Crippen molar-refractivity contribution in [2.45, 2.75) is 12.8 Å². The van der Waals surface area contributed by atoms with Crippen LogP contribution in [0, 0.1) is 5.92 Å². The first-order chi connectivity index (χ1) is 10.5. The molecule has 1 aromatic carbocycles. The van der Waals surface area contributed by atoms with Gasteiger partial charge >= 0.3 is 0 Å². The highest BCUT2D eigenvalue weighted by molar-refractivity contribution is 5.97. The Morgan fingerprint density at radius 2 is 1.82 bits per heavy atom. The van der Waals surface area contributed by atoms with Gasteiger partial charge in [-0.2, -0.15) is 0 Å². The number of hydrogen-bond acceptors (Lipinski definition) is 5. The van der Waals surface area contributed by atoms with Crippen LogP contribution in [0.3, 0.4) is 0 Å². The first-order valence-electron chi connectivity index (χ1n) is 7.34. The molecule has 6 heteroatoms. The number of aliphatic carboxylic acids is 1. The highest BCUT2D eigenvalue weighted by Gasteiger charge is 2.25. The lowest BCUT2D eigenvalue weighted by Crippen LogP contribution is -3.14. The van der Waals surface area contributed by atoms with Crippen molar-refractivity contribution in [2.75, 3.05) is 33.9 Å². The Morgan fingerprint density at radius 3 is 2.36 bits per heavy atom. The summed E-state index contributed by atoms with van der Waals surface area (Å²) in [6.07, 6.45) is 1.13. The van der Waals surface area contributed by atoms with E-state index in [0.717, 1.165) is 4.90 Å². The Labute approximate surface area is 129 Å². The Morgan fingerprint density at radius 1 is 1.18 bits per heavy atom. The number of ether oxygens (including phenoxy) is 2. The fraction of sp³-hybridized carbons (Fsp3) is 0.500. The van der Waals surface area contributed by atoms with E-state index in [0.29, 0.717) is 49.5 Å². The lowest BCUT2D eigenvalue weighted by molar-refractivity contribution is -0.897. The minimum absolute atomic E-state index is 0.0165. The van der Waals surface area contributed by atoms with Gasteiger partial charge in [0.15, 0.2) is 11.5 Å². The van der Waals surface area contributed by atoms with Gasteiger partial charge in [-0.25, -0.2) is 0 Å². The van der Waals surface area contributed by atoms with Crippen LogP contribution in [0.1, 0.15) is 23.2 Å². The number of carbonyl (C=O) groups is 2. The van der Waals surface area contributed by atoms with Crippen molar-refractivity contribution < 1.29 is 29.1 Å². The van der Waals surface area contributed by atoms with Gasteiger partial charge in [-0.3, -0.25) is 4.79 Å². The molecule has 0 radical (unpaired) electrons. The zero-order chi connectivity index (χ0) is 16.1. The summed E-state index contributed by atoms with van der Waals surface area (Å²) in [7, 11) is 3.08. The van der Waals surface area contributed by atoms with Crippen LogP contribution in [-0.4, -0.2) is 45.6 Å². The van der Waals surface area contributed by atoms with Crippen molar-refractivity contribution in [3.63, 3.8) is 0 Å². The number of carbonyl (C=O) groups excluding carboxylic acids is 2. The molecule has 0 bridgehead atoms. The van der Waals surface area contributed by atoms with Crippen molar-refractivity contribution in [3.8, 4) is 11.5 Å². The number of benzene rings is 1. The molecule has 1 aliphatic heterocycles. The Balaban J connectivity index is 1.97. The van der Waals surface area contributed by atoms with Crippen LogP contribution in [-0.2, 0) is 4.79 Å². The third-order valence-corrected chi connectivity index (χ3v) is 4.14. The zero-order valence-electron chi connectivity index (χ0n) is 12.9. The van der Waals surface area contributed by atoms with Gasteiger partial charge in [-0.05, 0) is 18.2 Å². The number of likely N-dealkylation sites (tertiary alicyclic amines) is 1. The summed E-state index contributed by atoms with van der Waals surface area (Å²) in [5.41, 5.74) is 0.576. The Kier molecular flexibility index (Phi) is 5.38. The van der Waals surface area contributed by atoms with Crippen molar-refractivity contribution in [3.05, 3.63) is 23.8 Å². The monoisotopic (exact) mass is 307 g/mol. The third-order valence-electron chi connectivity index (χ3n) is 4.14. The summed E-state index contributed by atoms with van der Waals surface area (Å²) >= 11 is 0. The molecule has 1 heterocycles. The summed E-state index contributed by atoms with van der Waals surface area (Å²) in [6, 6.07) is 5.11. The lowest BCUT2D eigenvalue weighted by Gasteiger charge is -2.29. The van der Waals surface area contributed by atoms with E-state index in [9.17, 15) is 14.7 Å². The Hall–Kier alpha value is -2.08. The van der Waals surface area contributed by atoms with Gasteiger partial charge in [0, 0.05) is 30.3 Å². The predicted molar refractivity (Wildman–Crippen MR) is 77.2 cm³/mol. The minimum atomic E-state index is -0.981. The normalized spacial score (nSPS) is 21.2. The third kappa shape index (κ3) is 3.76. The van der Waals surface area contributed by atoms with Crippen LogP contribution in [0.5, 0.6) is 11.5 Å². The van der Waals surface area contributed by atoms with Crippen molar-refractivity contribution >= 4 is 11.8 Å². The maximum atomic E-state index is 12.4. The number of methoxy groups -OCH3 is 2. The molecule has 2 rings (SSSR count). The second kappa shape index (κ2) is 7.26. The van der Waals surface area contributed by atoms with Gasteiger partial charge in [0.2, 0.25) is 5.78 Å². The van der Waals surface area contributed by atoms with Gasteiger partial charge in [-0.15, -0.1) is 0 Å². The fourth-order valence-electron chi connectivity index (χ4n) is 2.78. The molecule has 0 saturated carbocycles. The van der Waals surface area contributed by atoms with E-state index in [-0.39, 0.29) is 11.7 Å². The second-order valence-corrected chi connectivity index (χ2v) is 5.51. The summed E-state index contributed by atoms with van der Waals surface area (Å²) in [4.78, 5) is 24.3. The van der Waals surface area contributed by atoms with E-state index in [1.807, 2.05) is 0 Å². The van der Waals surface area contributed by atoms with Gasteiger partial charge in [0.1, 0.15) is 6.54 Å². The van der Waals surface area contributed by atoms with Crippen LogP contribution in [0.4, 0.5) is 0 Å². The number of carboxylic acids is 1. The zero-order valence-corrected chi connectivity index (χ0v) is 12.9. The number of Topliss-reactive ketones (excluding diaryl/α,β-unsaturated/α-hetero) is 1. The van der Waals surface area contributed by atoms with Crippen LogP contribution in [0.15, 0.2) is 18.2 Å². The molecule has 0 aliphatic carbocycles. The smallest absolute Gasteiger partial charge is 0.216 e. The highest BCUT2D eigenvalue weighted by atomic mass is 16.5. The predicted octanol–water partition coefficient (Wildman–Crippen LogP) is -1.07. The molecule has 0 unspecified atom stereocenters. The molecule has 22 heavy (non-hydrogen) atoms. The van der Waals surface area contributed by atoms with Gasteiger partial charge in [0.05, 0.1) is 27.3 Å². The van der Waals surface area contributed by atoms with Gasteiger partial charge < -0.3 is 24.3 Å². The molecule has 1 aliphatic rings. The molecule has 0 spiro atoms. The van der Waals surface area contributed by atoms with Gasteiger partial charge in [-0.1, -0.05) is 0 Å². The van der Waals surface area contributed by atoms with Gasteiger partial charge in [0.25, 0.3) is 0 Å². The minimum Gasteiger partial charge on any atom is -0.550 e. The Bertz CT molecular complexity index is 549. The van der Waals surface area contributed by atoms with E-state index in [2.05, 4.69) is 0 Å². The van der Waals surface area contributed by atoms with Crippen molar-refractivity contribution in [2.24, 2.45) is 5.92 Å². The molecule has 120 valence electrons.